The fourth-order valence-corrected chi connectivity index (χ4v) is 3.97. The molecule has 0 bridgehead atoms. The topological polar surface area (TPSA) is 98.5 Å². The molecule has 1 saturated carbocycles. The second-order valence-corrected chi connectivity index (χ2v) is 6.97. The van der Waals surface area contributed by atoms with E-state index in [-0.39, 0.29) is 17.2 Å². The summed E-state index contributed by atoms with van der Waals surface area (Å²) in [5.74, 6) is 0.328. The zero-order chi connectivity index (χ0) is 18.4. The molecule has 4 aromatic rings. The van der Waals surface area contributed by atoms with Crippen LogP contribution < -0.4 is 11.1 Å². The van der Waals surface area contributed by atoms with Crippen LogP contribution in [-0.4, -0.2) is 29.3 Å². The Kier molecular flexibility index (Phi) is 3.63. The van der Waals surface area contributed by atoms with Gasteiger partial charge in [0.15, 0.2) is 0 Å². The molecule has 8 nitrogen and oxygen atoms in total. The minimum absolute atomic E-state index is 0.0803. The summed E-state index contributed by atoms with van der Waals surface area (Å²) in [5, 5.41) is 7.32. The maximum Gasteiger partial charge on any atom is 0.266 e. The summed E-state index contributed by atoms with van der Waals surface area (Å²) in [7, 11) is 0. The van der Waals surface area contributed by atoms with Gasteiger partial charge in [0.05, 0.1) is 21.8 Å². The number of aromatic amines is 1. The van der Waals surface area contributed by atoms with Crippen molar-refractivity contribution in [2.45, 2.75) is 38.1 Å². The van der Waals surface area contributed by atoms with Gasteiger partial charge in [0.25, 0.3) is 11.1 Å². The van der Waals surface area contributed by atoms with Crippen molar-refractivity contribution in [3.05, 3.63) is 57.6 Å². The lowest BCUT2D eigenvalue weighted by atomic mass is 9.95. The molecule has 0 spiro atoms. The summed E-state index contributed by atoms with van der Waals surface area (Å²) in [6.07, 6.45) is 10.3. The van der Waals surface area contributed by atoms with E-state index >= 15 is 0 Å². The average molecular weight is 362 g/mol. The first-order chi connectivity index (χ1) is 13.2. The molecule has 0 unspecified atom stereocenters. The van der Waals surface area contributed by atoms with Crippen LogP contribution in [-0.2, 0) is 0 Å². The number of rotatable bonds is 2. The smallest absolute Gasteiger partial charge is 0.266 e. The molecule has 1 aliphatic rings. The van der Waals surface area contributed by atoms with Gasteiger partial charge in [-0.3, -0.25) is 14.2 Å². The van der Waals surface area contributed by atoms with E-state index in [1.807, 2.05) is 16.8 Å². The van der Waals surface area contributed by atoms with Gasteiger partial charge in [-0.25, -0.2) is 10.1 Å². The van der Waals surface area contributed by atoms with Crippen LogP contribution in [0, 0.1) is 0 Å². The Hall–Kier alpha value is -3.29. The van der Waals surface area contributed by atoms with E-state index in [1.165, 1.54) is 17.3 Å². The van der Waals surface area contributed by atoms with Crippen LogP contribution in [0.4, 0.5) is 0 Å². The van der Waals surface area contributed by atoms with Crippen LogP contribution in [0.3, 0.4) is 0 Å². The molecule has 8 heteroatoms. The van der Waals surface area contributed by atoms with Crippen LogP contribution >= 0.6 is 0 Å². The number of hydrogen-bond acceptors (Lipinski definition) is 5. The Morgan fingerprint density at radius 2 is 1.70 bits per heavy atom. The third-order valence-corrected chi connectivity index (χ3v) is 5.37. The summed E-state index contributed by atoms with van der Waals surface area (Å²) in [5.41, 5.74) is 0.795. The molecule has 27 heavy (non-hydrogen) atoms. The van der Waals surface area contributed by atoms with E-state index in [0.29, 0.717) is 27.8 Å². The van der Waals surface area contributed by atoms with Crippen molar-refractivity contribution >= 4 is 21.8 Å². The Bertz CT molecular complexity index is 1250. The average Bonchev–Trinajstić information content (AvgIpc) is 3.23. The van der Waals surface area contributed by atoms with Crippen LogP contribution in [0.1, 0.15) is 38.1 Å². The quantitative estimate of drug-likeness (QED) is 0.552. The second kappa shape index (κ2) is 6.15. The lowest BCUT2D eigenvalue weighted by Gasteiger charge is -2.24. The van der Waals surface area contributed by atoms with Gasteiger partial charge in [-0.15, -0.1) is 0 Å². The standard InChI is InChI=1S/C19H18N6O2/c26-17-13-10-14-16(7-9-25(18(14)27)19-20-11-21-23-19)22-15(13)6-8-24(17)12-4-2-1-3-5-12/h6-12H,1-5H2,(H,20,21,23). The van der Waals surface area contributed by atoms with Crippen molar-refractivity contribution < 1.29 is 0 Å². The lowest BCUT2D eigenvalue weighted by Crippen LogP contribution is -2.26. The van der Waals surface area contributed by atoms with Gasteiger partial charge in [-0.2, -0.15) is 10.1 Å². The molecule has 0 radical (unpaired) electrons. The minimum Gasteiger partial charge on any atom is -0.312 e. The maximum atomic E-state index is 13.1. The fourth-order valence-electron chi connectivity index (χ4n) is 3.97. The number of nitrogens with one attached hydrogen (secondary N) is 1. The lowest BCUT2D eigenvalue weighted by molar-refractivity contribution is 0.347. The van der Waals surface area contributed by atoms with Gasteiger partial charge in [0, 0.05) is 18.4 Å². The minimum atomic E-state index is -0.286. The monoisotopic (exact) mass is 362 g/mol. The van der Waals surface area contributed by atoms with Crippen LogP contribution in [0.5, 0.6) is 0 Å². The molecule has 0 amide bonds. The van der Waals surface area contributed by atoms with Gasteiger partial charge >= 0.3 is 0 Å². The molecule has 0 aromatic carbocycles. The molecule has 1 aliphatic carbocycles. The van der Waals surface area contributed by atoms with Gasteiger partial charge in [-0.1, -0.05) is 19.3 Å². The first-order valence-electron chi connectivity index (χ1n) is 9.15. The number of fused-ring (bicyclic) bond motifs is 2. The van der Waals surface area contributed by atoms with Gasteiger partial charge in [-0.05, 0) is 31.0 Å². The number of H-pyrrole nitrogens is 1. The van der Waals surface area contributed by atoms with E-state index in [1.54, 1.807) is 18.3 Å². The van der Waals surface area contributed by atoms with Gasteiger partial charge in [0.1, 0.15) is 6.33 Å². The van der Waals surface area contributed by atoms with E-state index in [0.717, 1.165) is 25.7 Å². The Morgan fingerprint density at radius 3 is 2.44 bits per heavy atom. The highest BCUT2D eigenvalue weighted by Crippen LogP contribution is 2.27. The largest absolute Gasteiger partial charge is 0.312 e. The summed E-state index contributed by atoms with van der Waals surface area (Å²) < 4.78 is 3.18. The highest BCUT2D eigenvalue weighted by molar-refractivity contribution is 5.91. The zero-order valence-electron chi connectivity index (χ0n) is 14.6. The number of pyridine rings is 3. The molecular formula is C19H18N6O2. The molecule has 4 aromatic heterocycles. The summed E-state index contributed by atoms with van der Waals surface area (Å²) in [6, 6.07) is 5.50. The van der Waals surface area contributed by atoms with Crippen molar-refractivity contribution in [1.82, 2.24) is 29.3 Å². The second-order valence-electron chi connectivity index (χ2n) is 6.97. The molecular weight excluding hydrogens is 344 g/mol. The number of nitrogens with zero attached hydrogens (tertiary/aromatic N) is 5. The molecule has 5 rings (SSSR count). The van der Waals surface area contributed by atoms with Gasteiger partial charge in [0.2, 0.25) is 5.95 Å². The first-order valence-corrected chi connectivity index (χ1v) is 9.15. The van der Waals surface area contributed by atoms with Crippen molar-refractivity contribution in [2.24, 2.45) is 0 Å². The molecule has 136 valence electrons. The molecule has 0 aliphatic heterocycles. The summed E-state index contributed by atoms with van der Waals surface area (Å²) in [6.45, 7) is 0. The maximum absolute atomic E-state index is 13.1. The molecule has 1 N–H and O–H groups in total. The zero-order valence-corrected chi connectivity index (χ0v) is 14.6. The predicted octanol–water partition coefficient (Wildman–Crippen LogP) is 2.32. The van der Waals surface area contributed by atoms with E-state index < -0.39 is 0 Å². The molecule has 0 saturated heterocycles. The normalized spacial score (nSPS) is 15.6. The Morgan fingerprint density at radius 1 is 0.963 bits per heavy atom. The highest BCUT2D eigenvalue weighted by Gasteiger charge is 2.18. The predicted molar refractivity (Wildman–Crippen MR) is 101 cm³/mol. The molecule has 4 heterocycles. The van der Waals surface area contributed by atoms with Crippen molar-refractivity contribution in [3.8, 4) is 5.95 Å². The van der Waals surface area contributed by atoms with Crippen LogP contribution in [0.25, 0.3) is 27.8 Å². The van der Waals surface area contributed by atoms with Gasteiger partial charge < -0.3 is 4.57 Å². The highest BCUT2D eigenvalue weighted by atomic mass is 16.1. The SMILES string of the molecule is O=c1c2cc3c(=O)n(C4CCCCC4)ccc3nc2ccn1-c1ncn[nH]1. The van der Waals surface area contributed by atoms with Crippen LogP contribution in [0.2, 0.25) is 0 Å². The van der Waals surface area contributed by atoms with E-state index in [2.05, 4.69) is 20.2 Å². The van der Waals surface area contributed by atoms with E-state index in [9.17, 15) is 9.59 Å². The third-order valence-electron chi connectivity index (χ3n) is 5.37. The van der Waals surface area contributed by atoms with Crippen molar-refractivity contribution in [1.29, 1.82) is 0 Å². The molecule has 0 atom stereocenters. The third kappa shape index (κ3) is 2.56. The van der Waals surface area contributed by atoms with Crippen molar-refractivity contribution in [2.75, 3.05) is 0 Å². The Balaban J connectivity index is 1.73. The number of hydrogen-bond donors (Lipinski definition) is 1. The van der Waals surface area contributed by atoms with Crippen molar-refractivity contribution in [3.63, 3.8) is 0 Å². The Labute approximate surface area is 153 Å². The van der Waals surface area contributed by atoms with E-state index in [4.69, 9.17) is 0 Å². The summed E-state index contributed by atoms with van der Waals surface area (Å²) in [4.78, 5) is 34.5. The summed E-state index contributed by atoms with van der Waals surface area (Å²) >= 11 is 0. The molecule has 1 fully saturated rings. The van der Waals surface area contributed by atoms with Crippen LogP contribution in [0.15, 0.2) is 46.5 Å². The number of aromatic nitrogens is 6. The fraction of sp³-hybridized carbons (Fsp3) is 0.316. The first kappa shape index (κ1) is 15.9.